The molecular weight excluding hydrogens is 290 g/mol. The lowest BCUT2D eigenvalue weighted by molar-refractivity contribution is -0.155. The average molecular weight is 321 g/mol. The minimum atomic E-state index is -0.454. The van der Waals surface area contributed by atoms with Crippen LogP contribution in [-0.4, -0.2) is 31.5 Å². The molecule has 0 aromatic heterocycles. The summed E-state index contributed by atoms with van der Waals surface area (Å²) in [6.07, 6.45) is 8.42. The number of rotatable bonds is 5. The van der Waals surface area contributed by atoms with Crippen molar-refractivity contribution >= 4 is 5.91 Å². The van der Waals surface area contributed by atoms with Crippen molar-refractivity contribution in [2.24, 2.45) is 29.1 Å². The second kappa shape index (κ2) is 5.73. The molecule has 1 aliphatic heterocycles. The molecule has 1 saturated heterocycles. The Morgan fingerprint density at radius 3 is 2.13 bits per heavy atom. The molecule has 4 aliphatic carbocycles. The molecule has 1 N–H and O–H groups in total. The van der Waals surface area contributed by atoms with Gasteiger partial charge >= 0.3 is 0 Å². The van der Waals surface area contributed by atoms with Gasteiger partial charge in [0.25, 0.3) is 0 Å². The third-order valence-electron chi connectivity index (χ3n) is 6.75. The molecule has 5 fully saturated rings. The Hall–Kier alpha value is -0.610. The summed E-state index contributed by atoms with van der Waals surface area (Å²) >= 11 is 0. The molecule has 23 heavy (non-hydrogen) atoms. The quantitative estimate of drug-likeness (QED) is 0.846. The maximum absolute atomic E-state index is 12.9. The monoisotopic (exact) mass is 321 g/mol. The van der Waals surface area contributed by atoms with E-state index in [1.54, 1.807) is 0 Å². The van der Waals surface area contributed by atoms with Crippen LogP contribution in [-0.2, 0) is 14.3 Å². The predicted octanol–water partition coefficient (Wildman–Crippen LogP) is 3.11. The summed E-state index contributed by atoms with van der Waals surface area (Å²) in [6.45, 7) is 6.29. The highest BCUT2D eigenvalue weighted by Crippen LogP contribution is 2.60. The second-order valence-electron chi connectivity index (χ2n) is 9.05. The Balaban J connectivity index is 1.31. The second-order valence-corrected chi connectivity index (χ2v) is 9.05. The fourth-order valence-electron chi connectivity index (χ4n) is 6.22. The summed E-state index contributed by atoms with van der Waals surface area (Å²) in [4.78, 5) is 12.9. The van der Waals surface area contributed by atoms with Gasteiger partial charge in [0.05, 0.1) is 13.2 Å². The normalized spacial score (nSPS) is 41.9. The predicted molar refractivity (Wildman–Crippen MR) is 87.7 cm³/mol. The summed E-state index contributed by atoms with van der Waals surface area (Å²) in [5, 5.41) is 3.28. The molecule has 0 aromatic rings. The van der Waals surface area contributed by atoms with Crippen molar-refractivity contribution in [3.05, 3.63) is 0 Å². The van der Waals surface area contributed by atoms with Crippen LogP contribution in [0.1, 0.15) is 58.8 Å². The van der Waals surface area contributed by atoms with E-state index < -0.39 is 5.79 Å². The van der Waals surface area contributed by atoms with Crippen molar-refractivity contribution in [1.82, 2.24) is 5.32 Å². The van der Waals surface area contributed by atoms with Crippen LogP contribution in [0.2, 0.25) is 0 Å². The first-order chi connectivity index (χ1) is 11.0. The van der Waals surface area contributed by atoms with Gasteiger partial charge in [-0.05, 0) is 69.1 Å². The van der Waals surface area contributed by atoms with Gasteiger partial charge in [0.2, 0.25) is 5.91 Å². The molecule has 1 atom stereocenters. The fourth-order valence-corrected chi connectivity index (χ4v) is 6.22. The lowest BCUT2D eigenvalue weighted by Crippen LogP contribution is -2.54. The highest BCUT2D eigenvalue weighted by Gasteiger charge is 2.54. The summed E-state index contributed by atoms with van der Waals surface area (Å²) in [5.41, 5.74) is -0.0290. The molecule has 1 unspecified atom stereocenters. The summed E-state index contributed by atoms with van der Waals surface area (Å²) in [5.74, 6) is 2.72. The Labute approximate surface area is 139 Å². The largest absolute Gasteiger partial charge is 0.355 e. The van der Waals surface area contributed by atoms with Crippen molar-refractivity contribution in [3.63, 3.8) is 0 Å². The van der Waals surface area contributed by atoms with Gasteiger partial charge in [-0.1, -0.05) is 6.92 Å². The van der Waals surface area contributed by atoms with E-state index >= 15 is 0 Å². The van der Waals surface area contributed by atoms with E-state index in [1.807, 2.05) is 6.92 Å². The molecule has 0 radical (unpaired) electrons. The van der Waals surface area contributed by atoms with Crippen molar-refractivity contribution in [3.8, 4) is 0 Å². The zero-order valence-corrected chi connectivity index (χ0v) is 14.6. The van der Waals surface area contributed by atoms with Crippen molar-refractivity contribution in [1.29, 1.82) is 0 Å². The fraction of sp³-hybridized carbons (Fsp3) is 0.947. The van der Waals surface area contributed by atoms with E-state index in [0.29, 0.717) is 25.0 Å². The molecule has 1 heterocycles. The number of carbonyl (C=O) groups excluding carboxylic acids is 1. The Bertz CT molecular complexity index is 434. The van der Waals surface area contributed by atoms with Crippen LogP contribution < -0.4 is 5.32 Å². The first-order valence-corrected chi connectivity index (χ1v) is 9.53. The topological polar surface area (TPSA) is 47.6 Å². The Kier molecular flexibility index (Phi) is 3.96. The number of ether oxygens (including phenoxy) is 2. The number of hydrogen-bond acceptors (Lipinski definition) is 3. The maximum Gasteiger partial charge on any atom is 0.226 e. The van der Waals surface area contributed by atoms with Gasteiger partial charge < -0.3 is 14.8 Å². The first-order valence-electron chi connectivity index (χ1n) is 9.53. The molecular formula is C19H31NO3. The van der Waals surface area contributed by atoms with Crippen molar-refractivity contribution in [2.75, 3.05) is 19.8 Å². The SMILES string of the molecule is CC(CNC(=O)C12CC3CC(CC(C3)C1)C2)CC1(C)OCCO1. The van der Waals surface area contributed by atoms with Crippen LogP contribution in [0.15, 0.2) is 0 Å². The van der Waals surface area contributed by atoms with Crippen LogP contribution in [0.5, 0.6) is 0 Å². The first kappa shape index (κ1) is 15.9. The van der Waals surface area contributed by atoms with E-state index in [0.717, 1.165) is 50.0 Å². The van der Waals surface area contributed by atoms with Gasteiger partial charge in [-0.15, -0.1) is 0 Å². The molecule has 4 bridgehead atoms. The van der Waals surface area contributed by atoms with Crippen LogP contribution in [0.25, 0.3) is 0 Å². The Morgan fingerprint density at radius 2 is 1.61 bits per heavy atom. The minimum Gasteiger partial charge on any atom is -0.355 e. The highest BCUT2D eigenvalue weighted by atomic mass is 16.7. The average Bonchev–Trinajstić information content (AvgIpc) is 2.89. The van der Waals surface area contributed by atoms with Crippen LogP contribution in [0.4, 0.5) is 0 Å². The molecule has 5 aliphatic rings. The lowest BCUT2D eigenvalue weighted by Gasteiger charge is -2.55. The molecule has 0 aromatic carbocycles. The summed E-state index contributed by atoms with van der Waals surface area (Å²) in [7, 11) is 0. The van der Waals surface area contributed by atoms with E-state index in [9.17, 15) is 4.79 Å². The zero-order chi connectivity index (χ0) is 16.1. The number of amides is 1. The molecule has 130 valence electrons. The summed E-state index contributed by atoms with van der Waals surface area (Å²) in [6, 6.07) is 0. The van der Waals surface area contributed by atoms with Gasteiger partial charge in [-0.3, -0.25) is 4.79 Å². The van der Waals surface area contributed by atoms with Crippen molar-refractivity contribution < 1.29 is 14.3 Å². The zero-order valence-electron chi connectivity index (χ0n) is 14.6. The number of hydrogen-bond donors (Lipinski definition) is 1. The van der Waals surface area contributed by atoms with E-state index in [-0.39, 0.29) is 5.41 Å². The molecule has 4 saturated carbocycles. The summed E-state index contributed by atoms with van der Waals surface area (Å²) < 4.78 is 11.4. The number of nitrogens with one attached hydrogen (secondary N) is 1. The van der Waals surface area contributed by atoms with Crippen LogP contribution >= 0.6 is 0 Å². The maximum atomic E-state index is 12.9. The molecule has 0 spiro atoms. The van der Waals surface area contributed by atoms with Gasteiger partial charge in [0.15, 0.2) is 5.79 Å². The standard InChI is InChI=1S/C19H31NO3/c1-13(8-18(2)22-3-4-23-18)12-20-17(21)19-9-14-5-15(10-19)7-16(6-14)11-19/h13-16H,3-12H2,1-2H3,(H,20,21). The minimum absolute atomic E-state index is 0.0290. The van der Waals surface area contributed by atoms with Gasteiger partial charge in [0.1, 0.15) is 0 Å². The Morgan fingerprint density at radius 1 is 1.09 bits per heavy atom. The third kappa shape index (κ3) is 3.05. The molecule has 5 rings (SSSR count). The lowest BCUT2D eigenvalue weighted by atomic mass is 9.49. The smallest absolute Gasteiger partial charge is 0.226 e. The van der Waals surface area contributed by atoms with E-state index in [2.05, 4.69) is 12.2 Å². The van der Waals surface area contributed by atoms with Gasteiger partial charge in [-0.25, -0.2) is 0 Å². The van der Waals surface area contributed by atoms with E-state index in [4.69, 9.17) is 9.47 Å². The number of carbonyl (C=O) groups is 1. The van der Waals surface area contributed by atoms with Crippen LogP contribution in [0.3, 0.4) is 0 Å². The third-order valence-corrected chi connectivity index (χ3v) is 6.75. The molecule has 4 nitrogen and oxygen atoms in total. The van der Waals surface area contributed by atoms with Crippen LogP contribution in [0, 0.1) is 29.1 Å². The van der Waals surface area contributed by atoms with E-state index in [1.165, 1.54) is 19.3 Å². The van der Waals surface area contributed by atoms with Gasteiger partial charge in [-0.2, -0.15) is 0 Å². The molecule has 1 amide bonds. The van der Waals surface area contributed by atoms with Gasteiger partial charge in [0, 0.05) is 18.4 Å². The highest BCUT2D eigenvalue weighted by molar-refractivity contribution is 5.83. The molecule has 4 heteroatoms. The van der Waals surface area contributed by atoms with Crippen molar-refractivity contribution in [2.45, 2.75) is 64.6 Å².